The minimum absolute atomic E-state index is 0.780. The van der Waals surface area contributed by atoms with Crippen LogP contribution in [0, 0.1) is 5.92 Å². The molecule has 0 saturated carbocycles. The van der Waals surface area contributed by atoms with E-state index in [4.69, 9.17) is 4.74 Å². The summed E-state index contributed by atoms with van der Waals surface area (Å²) >= 11 is 3.40. The lowest BCUT2D eigenvalue weighted by Crippen LogP contribution is -2.13. The van der Waals surface area contributed by atoms with Crippen LogP contribution in [0.15, 0.2) is 12.2 Å². The van der Waals surface area contributed by atoms with Gasteiger partial charge in [-0.1, -0.05) is 28.1 Å². The average molecular weight is 219 g/mol. The molecule has 0 amide bonds. The molecule has 0 aliphatic carbocycles. The second-order valence-corrected chi connectivity index (χ2v) is 3.65. The summed E-state index contributed by atoms with van der Waals surface area (Å²) in [4.78, 5) is 0. The number of allylic oxidation sites excluding steroid dienone is 2. The smallest absolute Gasteiger partial charge is 0.0471 e. The molecule has 0 bridgehead atoms. The first-order valence-corrected chi connectivity index (χ1v) is 5.36. The molecule has 0 aromatic rings. The highest BCUT2D eigenvalue weighted by atomic mass is 79.9. The third kappa shape index (κ3) is 3.92. The summed E-state index contributed by atoms with van der Waals surface area (Å²) in [6.07, 6.45) is 8.17. The van der Waals surface area contributed by atoms with Crippen molar-refractivity contribution in [3.05, 3.63) is 12.2 Å². The second-order valence-electron chi connectivity index (χ2n) is 2.86. The van der Waals surface area contributed by atoms with Crippen LogP contribution in [0.4, 0.5) is 0 Å². The van der Waals surface area contributed by atoms with Gasteiger partial charge in [-0.2, -0.15) is 0 Å². The zero-order valence-electron chi connectivity index (χ0n) is 6.76. The van der Waals surface area contributed by atoms with E-state index in [1.165, 1.54) is 12.8 Å². The highest BCUT2D eigenvalue weighted by Gasteiger charge is 2.09. The van der Waals surface area contributed by atoms with Crippen molar-refractivity contribution in [2.24, 2.45) is 5.92 Å². The van der Waals surface area contributed by atoms with Crippen LogP contribution < -0.4 is 0 Å². The van der Waals surface area contributed by atoms with Gasteiger partial charge in [-0.15, -0.1) is 0 Å². The van der Waals surface area contributed by atoms with Gasteiger partial charge in [-0.05, 0) is 25.2 Å². The third-order valence-corrected chi connectivity index (χ3v) is 2.41. The number of hydrogen-bond donors (Lipinski definition) is 0. The first-order valence-electron chi connectivity index (χ1n) is 4.24. The minimum atomic E-state index is 0.780. The van der Waals surface area contributed by atoms with E-state index in [9.17, 15) is 0 Å². The van der Waals surface area contributed by atoms with Gasteiger partial charge in [0.2, 0.25) is 0 Å². The maximum atomic E-state index is 5.26. The van der Waals surface area contributed by atoms with Crippen molar-refractivity contribution >= 4 is 15.9 Å². The lowest BCUT2D eigenvalue weighted by molar-refractivity contribution is 0.0785. The molecule has 0 aromatic heterocycles. The molecule has 1 rings (SSSR count). The number of rotatable bonds is 3. The molecule has 0 atom stereocenters. The van der Waals surface area contributed by atoms with E-state index in [-0.39, 0.29) is 0 Å². The maximum Gasteiger partial charge on any atom is 0.0471 e. The van der Waals surface area contributed by atoms with Crippen molar-refractivity contribution in [2.45, 2.75) is 19.3 Å². The molecule has 0 radical (unpaired) electrons. The predicted molar refractivity (Wildman–Crippen MR) is 51.1 cm³/mol. The van der Waals surface area contributed by atoms with E-state index < -0.39 is 0 Å². The Balaban J connectivity index is 2.13. The summed E-state index contributed by atoms with van der Waals surface area (Å²) in [5.41, 5.74) is 0. The lowest BCUT2D eigenvalue weighted by atomic mass is 10.00. The van der Waals surface area contributed by atoms with Crippen LogP contribution in [0.2, 0.25) is 0 Å². The van der Waals surface area contributed by atoms with Gasteiger partial charge in [-0.3, -0.25) is 0 Å². The first-order chi connectivity index (χ1) is 5.43. The molecule has 1 aliphatic rings. The number of alkyl halides is 1. The second kappa shape index (κ2) is 5.78. The van der Waals surface area contributed by atoms with E-state index in [1.807, 2.05) is 0 Å². The van der Waals surface area contributed by atoms with Crippen LogP contribution in [-0.4, -0.2) is 18.5 Å². The Bertz CT molecular complexity index is 117. The van der Waals surface area contributed by atoms with Gasteiger partial charge in [0.1, 0.15) is 0 Å². The first kappa shape index (κ1) is 9.27. The summed E-state index contributed by atoms with van der Waals surface area (Å²) in [6.45, 7) is 1.90. The molecule has 1 saturated heterocycles. The Morgan fingerprint density at radius 2 is 2.09 bits per heavy atom. The number of hydrogen-bond acceptors (Lipinski definition) is 1. The van der Waals surface area contributed by atoms with Gasteiger partial charge in [0, 0.05) is 18.5 Å². The highest BCUT2D eigenvalue weighted by molar-refractivity contribution is 9.09. The summed E-state index contributed by atoms with van der Waals surface area (Å²) < 4.78 is 5.26. The largest absolute Gasteiger partial charge is 0.381 e. The molecule has 0 spiro atoms. The van der Waals surface area contributed by atoms with Crippen LogP contribution in [0.25, 0.3) is 0 Å². The fourth-order valence-electron chi connectivity index (χ4n) is 1.26. The Morgan fingerprint density at radius 3 is 2.73 bits per heavy atom. The molecular weight excluding hydrogens is 204 g/mol. The standard InChI is InChI=1S/C9H15BrO/c10-6-2-1-3-9-4-7-11-8-5-9/h1,3,9H,2,4-8H2. The molecule has 1 heterocycles. The van der Waals surface area contributed by atoms with Crippen molar-refractivity contribution in [3.8, 4) is 0 Å². The van der Waals surface area contributed by atoms with Gasteiger partial charge in [-0.25, -0.2) is 0 Å². The fourth-order valence-corrected chi connectivity index (χ4v) is 1.52. The summed E-state index contributed by atoms with van der Waals surface area (Å²) in [6, 6.07) is 0. The average Bonchev–Trinajstić information content (AvgIpc) is 2.07. The van der Waals surface area contributed by atoms with Crippen LogP contribution >= 0.6 is 15.9 Å². The summed E-state index contributed by atoms with van der Waals surface area (Å²) in [5.74, 6) is 0.780. The highest BCUT2D eigenvalue weighted by Crippen LogP contribution is 2.15. The van der Waals surface area contributed by atoms with E-state index >= 15 is 0 Å². The molecule has 11 heavy (non-hydrogen) atoms. The van der Waals surface area contributed by atoms with Crippen LogP contribution in [0.5, 0.6) is 0 Å². The number of ether oxygens (including phenoxy) is 1. The SMILES string of the molecule is BrCCC=CC1CCOCC1. The Labute approximate surface area is 76.9 Å². The molecule has 1 aliphatic heterocycles. The third-order valence-electron chi connectivity index (χ3n) is 1.95. The van der Waals surface area contributed by atoms with Gasteiger partial charge in [0.25, 0.3) is 0 Å². The lowest BCUT2D eigenvalue weighted by Gasteiger charge is -2.18. The van der Waals surface area contributed by atoms with Crippen molar-refractivity contribution in [1.29, 1.82) is 0 Å². The predicted octanol–water partition coefficient (Wildman–Crippen LogP) is 2.75. The molecule has 2 heteroatoms. The fraction of sp³-hybridized carbons (Fsp3) is 0.778. The molecule has 1 nitrogen and oxygen atoms in total. The molecule has 0 unspecified atom stereocenters. The number of halogens is 1. The van der Waals surface area contributed by atoms with Crippen molar-refractivity contribution in [2.75, 3.05) is 18.5 Å². The molecular formula is C9H15BrO. The van der Waals surface area contributed by atoms with Crippen molar-refractivity contribution in [3.63, 3.8) is 0 Å². The van der Waals surface area contributed by atoms with E-state index in [1.54, 1.807) is 0 Å². The zero-order valence-corrected chi connectivity index (χ0v) is 8.35. The van der Waals surface area contributed by atoms with Crippen LogP contribution in [-0.2, 0) is 4.74 Å². The molecule has 1 fully saturated rings. The van der Waals surface area contributed by atoms with E-state index in [2.05, 4.69) is 28.1 Å². The quantitative estimate of drug-likeness (QED) is 0.523. The van der Waals surface area contributed by atoms with Crippen molar-refractivity contribution in [1.82, 2.24) is 0 Å². The summed E-state index contributed by atoms with van der Waals surface area (Å²) in [5, 5.41) is 1.08. The zero-order chi connectivity index (χ0) is 7.94. The summed E-state index contributed by atoms with van der Waals surface area (Å²) in [7, 11) is 0. The van der Waals surface area contributed by atoms with E-state index in [0.717, 1.165) is 30.9 Å². The van der Waals surface area contributed by atoms with Crippen LogP contribution in [0.3, 0.4) is 0 Å². The normalized spacial score (nSPS) is 21.2. The monoisotopic (exact) mass is 218 g/mol. The Hall–Kier alpha value is 0.180. The van der Waals surface area contributed by atoms with Gasteiger partial charge in [0.05, 0.1) is 0 Å². The minimum Gasteiger partial charge on any atom is -0.381 e. The molecule has 64 valence electrons. The maximum absolute atomic E-state index is 5.26. The van der Waals surface area contributed by atoms with Gasteiger partial charge in [0.15, 0.2) is 0 Å². The Kier molecular flexibility index (Phi) is 4.87. The topological polar surface area (TPSA) is 9.23 Å². The van der Waals surface area contributed by atoms with Gasteiger partial charge < -0.3 is 4.74 Å². The molecule has 0 aromatic carbocycles. The van der Waals surface area contributed by atoms with Crippen LogP contribution in [0.1, 0.15) is 19.3 Å². The molecule has 0 N–H and O–H groups in total. The Morgan fingerprint density at radius 1 is 1.36 bits per heavy atom. The van der Waals surface area contributed by atoms with Crippen molar-refractivity contribution < 1.29 is 4.74 Å². The van der Waals surface area contributed by atoms with E-state index in [0.29, 0.717) is 0 Å². The van der Waals surface area contributed by atoms with Gasteiger partial charge >= 0.3 is 0 Å².